The van der Waals surface area contributed by atoms with Gasteiger partial charge in [0.05, 0.1) is 5.69 Å². The van der Waals surface area contributed by atoms with E-state index in [0.717, 1.165) is 36.5 Å². The van der Waals surface area contributed by atoms with E-state index in [-0.39, 0.29) is 18.6 Å². The van der Waals surface area contributed by atoms with Gasteiger partial charge in [0.25, 0.3) is 0 Å². The van der Waals surface area contributed by atoms with Crippen molar-refractivity contribution < 1.29 is 9.90 Å². The van der Waals surface area contributed by atoms with Crippen LogP contribution >= 0.6 is 0 Å². The molecule has 0 saturated carbocycles. The van der Waals surface area contributed by atoms with Gasteiger partial charge in [0.15, 0.2) is 0 Å². The van der Waals surface area contributed by atoms with Crippen LogP contribution in [0.2, 0.25) is 0 Å². The number of nitrogens with one attached hydrogen (secondary N) is 1. The predicted molar refractivity (Wildman–Crippen MR) is 81.1 cm³/mol. The van der Waals surface area contributed by atoms with Gasteiger partial charge in [0, 0.05) is 50.8 Å². The first-order valence-electron chi connectivity index (χ1n) is 7.62. The summed E-state index contributed by atoms with van der Waals surface area (Å²) in [5, 5.41) is 16.3. The Balaban J connectivity index is 1.87. The van der Waals surface area contributed by atoms with Crippen molar-refractivity contribution in [3.05, 3.63) is 17.0 Å². The van der Waals surface area contributed by atoms with Gasteiger partial charge in [-0.2, -0.15) is 5.10 Å². The summed E-state index contributed by atoms with van der Waals surface area (Å²) in [4.78, 5) is 16.5. The molecule has 1 aromatic heterocycles. The molecule has 21 heavy (non-hydrogen) atoms. The van der Waals surface area contributed by atoms with E-state index >= 15 is 0 Å². The van der Waals surface area contributed by atoms with Gasteiger partial charge in [0.2, 0.25) is 5.91 Å². The Morgan fingerprint density at radius 1 is 1.43 bits per heavy atom. The lowest BCUT2D eigenvalue weighted by Crippen LogP contribution is -2.53. The Morgan fingerprint density at radius 2 is 2.19 bits per heavy atom. The number of aryl methyl sites for hydroxylation is 2. The number of hydrogen-bond acceptors (Lipinski definition) is 4. The molecule has 2 heterocycles. The number of likely N-dealkylation sites (N-methyl/N-ethyl adjacent to an activating group) is 1. The van der Waals surface area contributed by atoms with Crippen LogP contribution in [0.5, 0.6) is 0 Å². The maximum Gasteiger partial charge on any atom is 0.223 e. The average molecular weight is 294 g/mol. The fourth-order valence-electron chi connectivity index (χ4n) is 2.80. The second kappa shape index (κ2) is 7.04. The van der Waals surface area contributed by atoms with Crippen LogP contribution < -0.4 is 0 Å². The highest BCUT2D eigenvalue weighted by Gasteiger charge is 2.26. The zero-order valence-corrected chi connectivity index (χ0v) is 13.2. The van der Waals surface area contributed by atoms with E-state index in [1.807, 2.05) is 18.7 Å². The quantitative estimate of drug-likeness (QED) is 0.829. The number of carbonyl (C=O) groups is 1. The number of aliphatic hydroxyl groups excluding tert-OH is 1. The lowest BCUT2D eigenvalue weighted by atomic mass is 10.1. The van der Waals surface area contributed by atoms with Gasteiger partial charge in [-0.05, 0) is 32.9 Å². The highest BCUT2D eigenvalue weighted by molar-refractivity contribution is 5.76. The van der Waals surface area contributed by atoms with Crippen molar-refractivity contribution in [2.24, 2.45) is 0 Å². The van der Waals surface area contributed by atoms with Crippen LogP contribution in [0.15, 0.2) is 0 Å². The zero-order valence-electron chi connectivity index (χ0n) is 13.2. The van der Waals surface area contributed by atoms with Crippen molar-refractivity contribution in [2.75, 3.05) is 33.3 Å². The molecule has 2 N–H and O–H groups in total. The molecular formula is C15H26N4O2. The molecule has 0 radical (unpaired) electrons. The molecule has 1 saturated heterocycles. The minimum absolute atomic E-state index is 0.169. The number of carbonyl (C=O) groups excluding carboxylic acids is 1. The highest BCUT2D eigenvalue weighted by atomic mass is 16.3. The summed E-state index contributed by atoms with van der Waals surface area (Å²) in [6, 6.07) is 0.266. The predicted octanol–water partition coefficient (Wildman–Crippen LogP) is 0.484. The SMILES string of the molecule is Cc1[nH]nc(CCC(=O)N2CCN(C)C(CCO)C2)c1C. The minimum atomic E-state index is 0.169. The van der Waals surface area contributed by atoms with Crippen LogP contribution in [0.1, 0.15) is 29.8 Å². The van der Waals surface area contributed by atoms with Crippen molar-refractivity contribution in [3.8, 4) is 0 Å². The summed E-state index contributed by atoms with van der Waals surface area (Å²) in [5.74, 6) is 0.186. The molecule has 118 valence electrons. The third-order valence-electron chi connectivity index (χ3n) is 4.52. The van der Waals surface area contributed by atoms with E-state index in [9.17, 15) is 4.79 Å². The number of aromatic amines is 1. The Bertz CT molecular complexity index is 486. The van der Waals surface area contributed by atoms with E-state index in [2.05, 4.69) is 22.1 Å². The molecule has 1 aliphatic rings. The van der Waals surface area contributed by atoms with Crippen molar-refractivity contribution in [1.82, 2.24) is 20.0 Å². The minimum Gasteiger partial charge on any atom is -0.396 e. The molecular weight excluding hydrogens is 268 g/mol. The standard InChI is InChI=1S/C15H26N4O2/c1-11-12(2)16-17-14(11)4-5-15(21)19-8-7-18(3)13(10-19)6-9-20/h13,20H,4-10H2,1-3H3,(H,16,17). The van der Waals surface area contributed by atoms with E-state index in [1.165, 1.54) is 0 Å². The number of H-pyrrole nitrogens is 1. The van der Waals surface area contributed by atoms with Crippen LogP contribution in [0, 0.1) is 13.8 Å². The normalized spacial score (nSPS) is 20.0. The molecule has 1 aliphatic heterocycles. The van der Waals surface area contributed by atoms with Crippen LogP contribution in [0.3, 0.4) is 0 Å². The molecule has 0 aromatic carbocycles. The lowest BCUT2D eigenvalue weighted by molar-refractivity contribution is -0.134. The van der Waals surface area contributed by atoms with Crippen LogP contribution in [-0.4, -0.2) is 70.3 Å². The summed E-state index contributed by atoms with van der Waals surface area (Å²) >= 11 is 0. The Kier molecular flexibility index (Phi) is 5.36. The van der Waals surface area contributed by atoms with Crippen molar-refractivity contribution in [1.29, 1.82) is 0 Å². The number of rotatable bonds is 5. The molecule has 6 nitrogen and oxygen atoms in total. The van der Waals surface area contributed by atoms with Gasteiger partial charge in [-0.15, -0.1) is 0 Å². The molecule has 0 spiro atoms. The monoisotopic (exact) mass is 294 g/mol. The summed E-state index contributed by atoms with van der Waals surface area (Å²) in [6.07, 6.45) is 1.91. The van der Waals surface area contributed by atoms with Crippen molar-refractivity contribution in [3.63, 3.8) is 0 Å². The van der Waals surface area contributed by atoms with Crippen molar-refractivity contribution >= 4 is 5.91 Å². The van der Waals surface area contributed by atoms with E-state index < -0.39 is 0 Å². The third-order valence-corrected chi connectivity index (χ3v) is 4.52. The smallest absolute Gasteiger partial charge is 0.223 e. The van der Waals surface area contributed by atoms with Crippen LogP contribution in [0.4, 0.5) is 0 Å². The molecule has 0 aliphatic carbocycles. The van der Waals surface area contributed by atoms with Crippen molar-refractivity contribution in [2.45, 2.75) is 39.2 Å². The number of piperazine rings is 1. The van der Waals surface area contributed by atoms with Gasteiger partial charge < -0.3 is 10.0 Å². The summed E-state index contributed by atoms with van der Waals surface area (Å²) in [5.41, 5.74) is 3.21. The molecule has 0 bridgehead atoms. The second-order valence-electron chi connectivity index (χ2n) is 5.91. The molecule has 1 atom stereocenters. The Hall–Kier alpha value is -1.40. The van der Waals surface area contributed by atoms with Gasteiger partial charge in [0.1, 0.15) is 0 Å². The number of hydrogen-bond donors (Lipinski definition) is 2. The van der Waals surface area contributed by atoms with Gasteiger partial charge in [-0.1, -0.05) is 0 Å². The Morgan fingerprint density at radius 3 is 2.81 bits per heavy atom. The van der Waals surface area contributed by atoms with Gasteiger partial charge in [-0.25, -0.2) is 0 Å². The van der Waals surface area contributed by atoms with E-state index in [1.54, 1.807) is 0 Å². The fourth-order valence-corrected chi connectivity index (χ4v) is 2.80. The number of aromatic nitrogens is 2. The summed E-state index contributed by atoms with van der Waals surface area (Å²) in [6.45, 7) is 6.56. The Labute approximate surface area is 126 Å². The first kappa shape index (κ1) is 16.0. The highest BCUT2D eigenvalue weighted by Crippen LogP contribution is 2.14. The number of nitrogens with zero attached hydrogens (tertiary/aromatic N) is 3. The first-order valence-corrected chi connectivity index (χ1v) is 7.62. The zero-order chi connectivity index (χ0) is 15.4. The fraction of sp³-hybridized carbons (Fsp3) is 0.733. The van der Waals surface area contributed by atoms with E-state index in [0.29, 0.717) is 19.4 Å². The average Bonchev–Trinajstić information content (AvgIpc) is 2.79. The number of aliphatic hydroxyl groups is 1. The molecule has 1 amide bonds. The molecule has 1 aromatic rings. The summed E-state index contributed by atoms with van der Waals surface area (Å²) < 4.78 is 0. The van der Waals surface area contributed by atoms with Gasteiger partial charge in [-0.3, -0.25) is 14.8 Å². The van der Waals surface area contributed by atoms with Crippen LogP contribution in [0.25, 0.3) is 0 Å². The largest absolute Gasteiger partial charge is 0.396 e. The lowest BCUT2D eigenvalue weighted by Gasteiger charge is -2.39. The van der Waals surface area contributed by atoms with E-state index in [4.69, 9.17) is 5.11 Å². The molecule has 6 heteroatoms. The topological polar surface area (TPSA) is 72.5 Å². The maximum atomic E-state index is 12.4. The second-order valence-corrected chi connectivity index (χ2v) is 5.91. The molecule has 1 unspecified atom stereocenters. The van der Waals surface area contributed by atoms with Gasteiger partial charge >= 0.3 is 0 Å². The molecule has 1 fully saturated rings. The molecule has 2 rings (SSSR count). The summed E-state index contributed by atoms with van der Waals surface area (Å²) in [7, 11) is 2.05. The first-order chi connectivity index (χ1) is 10.0. The number of amides is 1. The van der Waals surface area contributed by atoms with Crippen LogP contribution in [-0.2, 0) is 11.2 Å². The third kappa shape index (κ3) is 3.83. The maximum absolute atomic E-state index is 12.4.